The summed E-state index contributed by atoms with van der Waals surface area (Å²) < 4.78 is 31.6. The number of hydrogen-bond donors (Lipinski definition) is 1. The van der Waals surface area contributed by atoms with Crippen molar-refractivity contribution in [1.82, 2.24) is 5.32 Å². The van der Waals surface area contributed by atoms with E-state index in [1.54, 1.807) is 31.2 Å². The van der Waals surface area contributed by atoms with E-state index in [2.05, 4.69) is 37.4 Å². The number of benzene rings is 2. The fourth-order valence-electron chi connectivity index (χ4n) is 3.52. The highest BCUT2D eigenvalue weighted by Crippen LogP contribution is 2.26. The first kappa shape index (κ1) is 23.7. The highest BCUT2D eigenvalue weighted by atomic mass is 32.2. The van der Waals surface area contributed by atoms with Crippen LogP contribution in [-0.2, 0) is 34.2 Å². The van der Waals surface area contributed by atoms with E-state index in [-0.39, 0.29) is 5.91 Å². The molecule has 6 nitrogen and oxygen atoms in total. The zero-order valence-electron chi connectivity index (χ0n) is 18.4. The van der Waals surface area contributed by atoms with E-state index in [9.17, 15) is 13.2 Å². The van der Waals surface area contributed by atoms with Gasteiger partial charge in [-0.15, -0.1) is 0 Å². The van der Waals surface area contributed by atoms with Crippen LogP contribution in [0.1, 0.15) is 43.9 Å². The second-order valence-corrected chi connectivity index (χ2v) is 9.07. The molecule has 7 heteroatoms. The summed E-state index contributed by atoms with van der Waals surface area (Å²) in [5.41, 5.74) is 3.85. The van der Waals surface area contributed by atoms with Gasteiger partial charge in [-0.05, 0) is 48.1 Å². The highest BCUT2D eigenvalue weighted by Gasteiger charge is 2.31. The first-order valence-electron chi connectivity index (χ1n) is 10.3. The van der Waals surface area contributed by atoms with Gasteiger partial charge in [-0.2, -0.15) is 0 Å². The van der Waals surface area contributed by atoms with Gasteiger partial charge in [-0.25, -0.2) is 8.42 Å². The van der Waals surface area contributed by atoms with E-state index in [1.165, 1.54) is 22.5 Å². The molecule has 0 saturated heterocycles. The molecular weight excluding hydrogens is 400 g/mol. The molecular formula is C23H32N2O4S. The molecule has 0 fully saturated rings. The Morgan fingerprint density at radius 2 is 1.80 bits per heavy atom. The van der Waals surface area contributed by atoms with Crippen molar-refractivity contribution in [3.05, 3.63) is 59.2 Å². The Labute approximate surface area is 180 Å². The molecule has 0 aliphatic heterocycles. The summed E-state index contributed by atoms with van der Waals surface area (Å²) in [6.45, 7) is 6.34. The van der Waals surface area contributed by atoms with Crippen LogP contribution in [0.15, 0.2) is 42.5 Å². The minimum atomic E-state index is -3.69. The number of hydrogen-bond acceptors (Lipinski definition) is 4. The zero-order chi connectivity index (χ0) is 22.3. The maximum Gasteiger partial charge on any atom is 0.244 e. The molecule has 0 radical (unpaired) electrons. The predicted molar refractivity (Wildman–Crippen MR) is 121 cm³/mol. The normalized spacial score (nSPS) is 12.3. The van der Waals surface area contributed by atoms with Crippen LogP contribution in [0.25, 0.3) is 0 Å². The molecule has 1 amide bonds. The molecule has 0 bridgehead atoms. The number of nitrogens with one attached hydrogen (secondary N) is 1. The molecule has 1 atom stereocenters. The highest BCUT2D eigenvalue weighted by molar-refractivity contribution is 7.92. The average Bonchev–Trinajstić information content (AvgIpc) is 2.74. The number of carbonyl (C=O) groups is 1. The van der Waals surface area contributed by atoms with Gasteiger partial charge in [-0.1, -0.05) is 45.0 Å². The topological polar surface area (TPSA) is 75.7 Å². The fraction of sp³-hybridized carbons (Fsp3) is 0.435. The lowest BCUT2D eigenvalue weighted by molar-refractivity contribution is -0.122. The molecule has 2 aromatic carbocycles. The summed E-state index contributed by atoms with van der Waals surface area (Å²) in [6.07, 6.45) is 3.24. The second-order valence-electron chi connectivity index (χ2n) is 7.21. The third-order valence-corrected chi connectivity index (χ3v) is 6.33. The van der Waals surface area contributed by atoms with Crippen LogP contribution >= 0.6 is 0 Å². The number of sulfonamides is 1. The van der Waals surface area contributed by atoms with Gasteiger partial charge in [-0.3, -0.25) is 9.10 Å². The van der Waals surface area contributed by atoms with Gasteiger partial charge in [0.25, 0.3) is 0 Å². The van der Waals surface area contributed by atoms with Crippen LogP contribution in [-0.4, -0.2) is 33.7 Å². The molecule has 0 spiro atoms. The molecule has 30 heavy (non-hydrogen) atoms. The third-order valence-electron chi connectivity index (χ3n) is 5.15. The Kier molecular flexibility index (Phi) is 8.29. The van der Waals surface area contributed by atoms with Crippen molar-refractivity contribution < 1.29 is 17.9 Å². The van der Waals surface area contributed by atoms with Crippen LogP contribution < -0.4 is 14.4 Å². The Morgan fingerprint density at radius 3 is 2.37 bits per heavy atom. The van der Waals surface area contributed by atoms with E-state index < -0.39 is 16.1 Å². The van der Waals surface area contributed by atoms with Gasteiger partial charge in [0.15, 0.2) is 0 Å². The van der Waals surface area contributed by atoms with Crippen LogP contribution in [0.5, 0.6) is 5.75 Å². The number of ether oxygens (including phenoxy) is 1. The lowest BCUT2D eigenvalue weighted by Gasteiger charge is -2.30. The molecule has 164 valence electrons. The van der Waals surface area contributed by atoms with E-state index in [1.807, 2.05) is 0 Å². The fourth-order valence-corrected chi connectivity index (χ4v) is 4.72. The molecule has 2 rings (SSSR count). The molecule has 0 unspecified atom stereocenters. The molecule has 2 aromatic rings. The number of anilines is 1. The van der Waals surface area contributed by atoms with Gasteiger partial charge < -0.3 is 10.1 Å². The van der Waals surface area contributed by atoms with Crippen molar-refractivity contribution in [2.24, 2.45) is 0 Å². The number of aryl methyl sites for hydroxylation is 2. The van der Waals surface area contributed by atoms with E-state index in [4.69, 9.17) is 4.74 Å². The van der Waals surface area contributed by atoms with E-state index >= 15 is 0 Å². The molecule has 0 aromatic heterocycles. The average molecular weight is 433 g/mol. The van der Waals surface area contributed by atoms with Gasteiger partial charge in [0.05, 0.1) is 19.1 Å². The van der Waals surface area contributed by atoms with Crippen molar-refractivity contribution in [1.29, 1.82) is 0 Å². The number of rotatable bonds is 10. The first-order chi connectivity index (χ1) is 14.2. The third kappa shape index (κ3) is 5.75. The Hall–Kier alpha value is -2.54. The zero-order valence-corrected chi connectivity index (χ0v) is 19.3. The largest absolute Gasteiger partial charge is 0.497 e. The van der Waals surface area contributed by atoms with Gasteiger partial charge >= 0.3 is 0 Å². The lowest BCUT2D eigenvalue weighted by atomic mass is 10.0. The number of carbonyl (C=O) groups excluding carboxylic acids is 1. The molecule has 0 heterocycles. The van der Waals surface area contributed by atoms with Crippen LogP contribution in [0.3, 0.4) is 0 Å². The maximum atomic E-state index is 13.1. The van der Waals surface area contributed by atoms with Crippen molar-refractivity contribution >= 4 is 21.6 Å². The summed E-state index contributed by atoms with van der Waals surface area (Å²) in [4.78, 5) is 13.1. The molecule has 1 N–H and O–H groups in total. The lowest BCUT2D eigenvalue weighted by Crippen LogP contribution is -2.49. The molecule has 0 saturated carbocycles. The molecule has 0 aliphatic carbocycles. The second kappa shape index (κ2) is 10.5. The van der Waals surface area contributed by atoms with Crippen molar-refractivity contribution in [3.8, 4) is 5.75 Å². The number of amides is 1. The van der Waals surface area contributed by atoms with Crippen LogP contribution in [0.4, 0.5) is 5.69 Å². The van der Waals surface area contributed by atoms with Crippen molar-refractivity contribution in [3.63, 3.8) is 0 Å². The van der Waals surface area contributed by atoms with Crippen molar-refractivity contribution in [2.45, 2.75) is 52.6 Å². The monoisotopic (exact) mass is 432 g/mol. The minimum absolute atomic E-state index is 0.324. The van der Waals surface area contributed by atoms with Gasteiger partial charge in [0.1, 0.15) is 11.8 Å². The van der Waals surface area contributed by atoms with Gasteiger partial charge in [0.2, 0.25) is 15.9 Å². The SMILES string of the molecule is CCc1ccc(CC)c(CNC(=O)[C@H](CC)N(c2cccc(OC)c2)S(C)(=O)=O)c1. The van der Waals surface area contributed by atoms with Crippen LogP contribution in [0, 0.1) is 0 Å². The number of nitrogens with zero attached hydrogens (tertiary/aromatic N) is 1. The summed E-state index contributed by atoms with van der Waals surface area (Å²) in [6, 6.07) is 12.2. The standard InChI is InChI=1S/C23H32N2O4S/c1-6-17-12-13-18(7-2)19(14-17)16-24-23(26)22(8-3)25(30(5,27)28)20-10-9-11-21(15-20)29-4/h9-15,22H,6-8,16H2,1-5H3,(H,24,26)/t22-/m0/s1. The minimum Gasteiger partial charge on any atom is -0.497 e. The summed E-state index contributed by atoms with van der Waals surface area (Å²) in [5.74, 6) is 0.204. The van der Waals surface area contributed by atoms with E-state index in [0.29, 0.717) is 24.4 Å². The first-order valence-corrected chi connectivity index (χ1v) is 12.1. The summed E-state index contributed by atoms with van der Waals surface area (Å²) >= 11 is 0. The molecule has 0 aliphatic rings. The van der Waals surface area contributed by atoms with Crippen molar-refractivity contribution in [2.75, 3.05) is 17.7 Å². The Morgan fingerprint density at radius 1 is 1.07 bits per heavy atom. The van der Waals surface area contributed by atoms with Crippen LogP contribution in [0.2, 0.25) is 0 Å². The van der Waals surface area contributed by atoms with Gasteiger partial charge in [0, 0.05) is 12.6 Å². The quantitative estimate of drug-likeness (QED) is 0.621. The Balaban J connectivity index is 2.30. The smallest absolute Gasteiger partial charge is 0.244 e. The predicted octanol–water partition coefficient (Wildman–Crippen LogP) is 3.68. The summed E-state index contributed by atoms with van der Waals surface area (Å²) in [5, 5.41) is 2.95. The number of methoxy groups -OCH3 is 1. The van der Waals surface area contributed by atoms with E-state index in [0.717, 1.165) is 24.7 Å². The maximum absolute atomic E-state index is 13.1. The Bertz CT molecular complexity index is 973. The summed E-state index contributed by atoms with van der Waals surface area (Å²) in [7, 11) is -2.17.